The number of aromatic nitrogens is 4. The largest absolute Gasteiger partial charge is 0.382 e. The number of amides is 1. The van der Waals surface area contributed by atoms with Crippen LogP contribution < -0.4 is 16.8 Å². The molecule has 0 radical (unpaired) electrons. The van der Waals surface area contributed by atoms with Gasteiger partial charge in [0.05, 0.1) is 33.8 Å². The highest BCUT2D eigenvalue weighted by atomic mass is 28.1. The highest BCUT2D eigenvalue weighted by Gasteiger charge is 2.68. The van der Waals surface area contributed by atoms with Crippen LogP contribution in [0.5, 0.6) is 0 Å². The fourth-order valence-electron chi connectivity index (χ4n) is 4.08. The second kappa shape index (κ2) is 6.72. The Morgan fingerprint density at radius 1 is 1.38 bits per heavy atom. The number of hydrogen-bond acceptors (Lipinski definition) is 8. The predicted molar refractivity (Wildman–Crippen MR) is 113 cm³/mol. The van der Waals surface area contributed by atoms with E-state index in [1.807, 2.05) is 39.2 Å². The molecule has 0 saturated carbocycles. The SMILES string of the molecule is CC(=O)NC[C@H]1O[C@@]([SiH3])(n2cnc3c(N)ncnc32)[C@](C)(OC(C)(C)C)[C@]1(C)N. The van der Waals surface area contributed by atoms with Gasteiger partial charge in [-0.15, -0.1) is 0 Å². The van der Waals surface area contributed by atoms with Crippen molar-refractivity contribution in [3.63, 3.8) is 0 Å². The van der Waals surface area contributed by atoms with Gasteiger partial charge in [-0.25, -0.2) is 15.0 Å². The summed E-state index contributed by atoms with van der Waals surface area (Å²) in [5.41, 5.74) is 11.5. The second-order valence-electron chi connectivity index (χ2n) is 9.10. The molecule has 1 saturated heterocycles. The van der Waals surface area contributed by atoms with Crippen molar-refractivity contribution in [2.75, 3.05) is 12.3 Å². The minimum atomic E-state index is -0.957. The van der Waals surface area contributed by atoms with Gasteiger partial charge in [0.2, 0.25) is 5.91 Å². The molecular weight excluding hydrogens is 390 g/mol. The molecule has 3 heterocycles. The number of imidazole rings is 1. The summed E-state index contributed by atoms with van der Waals surface area (Å²) in [7, 11) is 0.498. The molecule has 3 rings (SSSR count). The number of carbonyl (C=O) groups is 1. The van der Waals surface area contributed by atoms with Crippen LogP contribution in [-0.2, 0) is 19.6 Å². The molecule has 0 spiro atoms. The van der Waals surface area contributed by atoms with Crippen LogP contribution in [0, 0.1) is 0 Å². The van der Waals surface area contributed by atoms with Gasteiger partial charge in [-0.05, 0) is 34.6 Å². The predicted octanol–water partition coefficient (Wildman–Crippen LogP) is -0.790. The monoisotopic (exact) mass is 421 g/mol. The minimum Gasteiger partial charge on any atom is -0.382 e. The number of carbonyl (C=O) groups excluding carboxylic acids is 1. The quantitative estimate of drug-likeness (QED) is 0.545. The average molecular weight is 422 g/mol. The van der Waals surface area contributed by atoms with Gasteiger partial charge in [0.1, 0.15) is 17.4 Å². The number of fused-ring (bicyclic) bond motifs is 1. The number of nitrogens with two attached hydrogens (primary N) is 2. The number of nitrogens with zero attached hydrogens (tertiary/aromatic N) is 4. The number of ether oxygens (including phenoxy) is 2. The van der Waals surface area contributed by atoms with Crippen LogP contribution >= 0.6 is 0 Å². The molecule has 0 unspecified atom stereocenters. The Labute approximate surface area is 173 Å². The summed E-state index contributed by atoms with van der Waals surface area (Å²) in [5, 5.41) is 1.86. The Morgan fingerprint density at radius 3 is 2.62 bits per heavy atom. The fourth-order valence-corrected chi connectivity index (χ4v) is 5.33. The van der Waals surface area contributed by atoms with Crippen LogP contribution in [0.15, 0.2) is 12.7 Å². The van der Waals surface area contributed by atoms with Gasteiger partial charge in [-0.1, -0.05) is 0 Å². The van der Waals surface area contributed by atoms with Gasteiger partial charge in [-0.2, -0.15) is 0 Å². The van der Waals surface area contributed by atoms with Crippen molar-refractivity contribution in [2.45, 2.75) is 69.7 Å². The van der Waals surface area contributed by atoms with Gasteiger partial charge in [0.25, 0.3) is 0 Å². The summed E-state index contributed by atoms with van der Waals surface area (Å²) < 4.78 is 15.0. The number of nitrogens with one attached hydrogen (secondary N) is 1. The Morgan fingerprint density at radius 2 is 2.03 bits per heavy atom. The third kappa shape index (κ3) is 3.31. The van der Waals surface area contributed by atoms with Crippen LogP contribution in [-0.4, -0.2) is 65.1 Å². The van der Waals surface area contributed by atoms with Crippen LogP contribution in [0.4, 0.5) is 5.82 Å². The zero-order valence-electron chi connectivity index (χ0n) is 18.1. The number of hydrogen-bond donors (Lipinski definition) is 3. The standard InChI is InChI=1S/C18H31N7O3Si/c1-10(26)21-7-11-16(5,20)17(6,28-15(2,3)4)18(29,27-11)25-9-24-12-13(19)22-8-23-14(12)25/h8-9,11H,7,20H2,1-6,29H3,(H,21,26)(H2,19,22,23)/t11-,16-,17-,18+/m1/s1. The van der Waals surface area contributed by atoms with E-state index in [4.69, 9.17) is 20.9 Å². The third-order valence-corrected chi connectivity index (χ3v) is 7.49. The molecule has 5 N–H and O–H groups in total. The lowest BCUT2D eigenvalue weighted by Crippen LogP contribution is -2.69. The summed E-state index contributed by atoms with van der Waals surface area (Å²) in [4.78, 5) is 24.3. The lowest BCUT2D eigenvalue weighted by Gasteiger charge is -2.49. The van der Waals surface area contributed by atoms with Crippen LogP contribution in [0.2, 0.25) is 0 Å². The summed E-state index contributed by atoms with van der Waals surface area (Å²) >= 11 is 0. The van der Waals surface area contributed by atoms with Gasteiger partial charge >= 0.3 is 0 Å². The van der Waals surface area contributed by atoms with Crippen molar-refractivity contribution < 1.29 is 14.3 Å². The van der Waals surface area contributed by atoms with E-state index in [1.165, 1.54) is 13.3 Å². The second-order valence-corrected chi connectivity index (χ2v) is 10.5. The first-order valence-corrected chi connectivity index (χ1v) is 10.6. The summed E-state index contributed by atoms with van der Waals surface area (Å²) in [6.07, 6.45) is 2.55. The Kier molecular flexibility index (Phi) is 5.01. The summed E-state index contributed by atoms with van der Waals surface area (Å²) in [6.45, 7) is 11.5. The molecule has 29 heavy (non-hydrogen) atoms. The molecule has 0 aromatic carbocycles. The van der Waals surface area contributed by atoms with E-state index >= 15 is 0 Å². The molecule has 0 bridgehead atoms. The molecule has 2 aromatic heterocycles. The highest BCUT2D eigenvalue weighted by molar-refractivity contribution is 6.14. The van der Waals surface area contributed by atoms with E-state index in [1.54, 1.807) is 6.33 Å². The van der Waals surface area contributed by atoms with E-state index in [0.29, 0.717) is 27.2 Å². The third-order valence-electron chi connectivity index (χ3n) is 5.82. The molecule has 4 atom stereocenters. The van der Waals surface area contributed by atoms with Crippen molar-refractivity contribution in [1.82, 2.24) is 24.8 Å². The maximum Gasteiger partial charge on any atom is 0.216 e. The lowest BCUT2D eigenvalue weighted by molar-refractivity contribution is -0.203. The fraction of sp³-hybridized carbons (Fsp3) is 0.667. The molecule has 160 valence electrons. The zero-order chi connectivity index (χ0) is 21.8. The lowest BCUT2D eigenvalue weighted by atomic mass is 9.79. The van der Waals surface area contributed by atoms with Crippen molar-refractivity contribution >= 4 is 33.1 Å². The number of rotatable bonds is 4. The minimum absolute atomic E-state index is 0.151. The van der Waals surface area contributed by atoms with E-state index in [9.17, 15) is 4.79 Å². The van der Waals surface area contributed by atoms with E-state index in [0.717, 1.165) is 0 Å². The first-order chi connectivity index (χ1) is 13.2. The Bertz CT molecular complexity index is 941. The van der Waals surface area contributed by atoms with Gasteiger partial charge < -0.3 is 26.3 Å². The topological polar surface area (TPSA) is 143 Å². The molecule has 1 fully saturated rings. The molecular formula is C18H31N7O3Si. The smallest absolute Gasteiger partial charge is 0.216 e. The number of anilines is 1. The first kappa shape index (κ1) is 21.6. The van der Waals surface area contributed by atoms with E-state index < -0.39 is 28.2 Å². The molecule has 2 aromatic rings. The van der Waals surface area contributed by atoms with Crippen molar-refractivity contribution in [2.24, 2.45) is 5.73 Å². The number of nitrogen functional groups attached to an aromatic ring is 1. The van der Waals surface area contributed by atoms with E-state index in [2.05, 4.69) is 20.3 Å². The van der Waals surface area contributed by atoms with Gasteiger partial charge in [0, 0.05) is 13.5 Å². The molecule has 0 aliphatic carbocycles. The van der Waals surface area contributed by atoms with Gasteiger partial charge in [0.15, 0.2) is 16.8 Å². The van der Waals surface area contributed by atoms with Crippen molar-refractivity contribution in [3.05, 3.63) is 12.7 Å². The van der Waals surface area contributed by atoms with Crippen LogP contribution in [0.25, 0.3) is 11.2 Å². The maximum absolute atomic E-state index is 11.5. The Balaban J connectivity index is 2.19. The van der Waals surface area contributed by atoms with E-state index in [-0.39, 0.29) is 12.5 Å². The maximum atomic E-state index is 11.5. The zero-order valence-corrected chi connectivity index (χ0v) is 20.1. The highest BCUT2D eigenvalue weighted by Crippen LogP contribution is 2.51. The molecule has 10 nitrogen and oxygen atoms in total. The Hall–Kier alpha value is -2.08. The summed E-state index contributed by atoms with van der Waals surface area (Å²) in [6, 6.07) is 0. The molecule has 11 heteroatoms. The van der Waals surface area contributed by atoms with Crippen molar-refractivity contribution in [3.8, 4) is 0 Å². The van der Waals surface area contributed by atoms with Crippen LogP contribution in [0.3, 0.4) is 0 Å². The average Bonchev–Trinajstić information content (AvgIpc) is 3.06. The normalized spacial score (nSPS) is 32.7. The van der Waals surface area contributed by atoms with Crippen molar-refractivity contribution in [1.29, 1.82) is 0 Å². The first-order valence-electron chi connectivity index (χ1n) is 9.58. The summed E-state index contributed by atoms with van der Waals surface area (Å²) in [5.74, 6) is 0.142. The van der Waals surface area contributed by atoms with Gasteiger partial charge in [-0.3, -0.25) is 9.36 Å². The molecule has 1 aliphatic rings. The van der Waals surface area contributed by atoms with Crippen LogP contribution in [0.1, 0.15) is 41.5 Å². The molecule has 1 amide bonds. The molecule has 1 aliphatic heterocycles.